The van der Waals surface area contributed by atoms with Crippen LogP contribution in [0.3, 0.4) is 0 Å². The van der Waals surface area contributed by atoms with Crippen LogP contribution in [0.4, 0.5) is 4.39 Å². The van der Waals surface area contributed by atoms with Gasteiger partial charge in [0, 0.05) is 6.54 Å². The molecule has 0 fully saturated rings. The quantitative estimate of drug-likeness (QED) is 0.588. The molecule has 0 saturated heterocycles. The Hall–Kier alpha value is -2.19. The van der Waals surface area contributed by atoms with Gasteiger partial charge in [0.2, 0.25) is 5.91 Å². The van der Waals surface area contributed by atoms with Gasteiger partial charge in [-0.05, 0) is 49.9 Å². The van der Waals surface area contributed by atoms with Gasteiger partial charge in [0.15, 0.2) is 11.0 Å². The maximum Gasteiger partial charge on any atom is 0.233 e. The molecule has 1 N–H and O–H groups in total. The summed E-state index contributed by atoms with van der Waals surface area (Å²) < 4.78 is 15.1. The van der Waals surface area contributed by atoms with E-state index >= 15 is 0 Å². The van der Waals surface area contributed by atoms with E-state index in [0.29, 0.717) is 0 Å². The predicted octanol–water partition coefficient (Wildman–Crippen LogP) is 4.52. The molecule has 3 rings (SSSR count). The molecule has 0 aliphatic heterocycles. The molecule has 0 bridgehead atoms. The average Bonchev–Trinajstić information content (AvgIpc) is 3.31. The fourth-order valence-corrected chi connectivity index (χ4v) is 4.27. The van der Waals surface area contributed by atoms with Crippen LogP contribution in [0.5, 0.6) is 0 Å². The highest BCUT2D eigenvalue weighted by Crippen LogP contribution is 2.29. The van der Waals surface area contributed by atoms with Gasteiger partial charge in [-0.3, -0.25) is 4.79 Å². The highest BCUT2D eigenvalue weighted by Gasteiger charge is 2.22. The van der Waals surface area contributed by atoms with Crippen molar-refractivity contribution in [3.05, 3.63) is 53.2 Å². The molecular weight excluding hydrogens is 383 g/mol. The minimum atomic E-state index is -0.335. The van der Waals surface area contributed by atoms with E-state index in [4.69, 9.17) is 0 Å². The molecule has 0 aliphatic carbocycles. The Balaban J connectivity index is 1.67. The number of hydrogen-bond acceptors (Lipinski definition) is 5. The summed E-state index contributed by atoms with van der Waals surface area (Å²) in [5.74, 6) is 0.434. The molecule has 0 radical (unpaired) electrons. The normalized spacial score (nSPS) is 13.3. The summed E-state index contributed by atoms with van der Waals surface area (Å²) in [6.45, 7) is 6.48. The molecule has 142 valence electrons. The van der Waals surface area contributed by atoms with Crippen molar-refractivity contribution in [3.63, 3.8) is 0 Å². The highest BCUT2D eigenvalue weighted by molar-refractivity contribution is 8.00. The first-order valence-electron chi connectivity index (χ1n) is 8.69. The number of thioether (sulfide) groups is 1. The molecule has 3 aromatic rings. The second-order valence-electron chi connectivity index (χ2n) is 6.07. The zero-order valence-electron chi connectivity index (χ0n) is 15.3. The first-order chi connectivity index (χ1) is 13.0. The summed E-state index contributed by atoms with van der Waals surface area (Å²) in [7, 11) is 0. The lowest BCUT2D eigenvalue weighted by molar-refractivity contribution is -0.120. The largest absolute Gasteiger partial charge is 0.349 e. The van der Waals surface area contributed by atoms with Crippen LogP contribution in [0, 0.1) is 5.82 Å². The van der Waals surface area contributed by atoms with E-state index in [2.05, 4.69) is 15.5 Å². The van der Waals surface area contributed by atoms with Crippen molar-refractivity contribution < 1.29 is 9.18 Å². The van der Waals surface area contributed by atoms with Gasteiger partial charge in [0.1, 0.15) is 5.82 Å². The number of benzene rings is 1. The second-order valence-corrected chi connectivity index (χ2v) is 8.33. The number of nitrogens with zero attached hydrogens (tertiary/aromatic N) is 3. The van der Waals surface area contributed by atoms with E-state index in [-0.39, 0.29) is 23.0 Å². The van der Waals surface area contributed by atoms with Crippen molar-refractivity contribution >= 4 is 29.0 Å². The Bertz CT molecular complexity index is 893. The zero-order chi connectivity index (χ0) is 19.4. The fraction of sp³-hybridized carbons (Fsp3) is 0.316. The molecule has 1 aromatic carbocycles. The minimum Gasteiger partial charge on any atom is -0.349 e. The van der Waals surface area contributed by atoms with Crippen molar-refractivity contribution in [2.24, 2.45) is 0 Å². The molecule has 0 saturated carbocycles. The lowest BCUT2D eigenvalue weighted by Gasteiger charge is -2.17. The topological polar surface area (TPSA) is 59.8 Å². The Labute approximate surface area is 166 Å². The van der Waals surface area contributed by atoms with Crippen LogP contribution >= 0.6 is 23.1 Å². The zero-order valence-corrected chi connectivity index (χ0v) is 17.0. The van der Waals surface area contributed by atoms with Crippen molar-refractivity contribution in [2.75, 3.05) is 0 Å². The third-order valence-electron chi connectivity index (χ3n) is 4.15. The van der Waals surface area contributed by atoms with E-state index in [1.807, 2.05) is 42.9 Å². The van der Waals surface area contributed by atoms with E-state index < -0.39 is 0 Å². The van der Waals surface area contributed by atoms with Gasteiger partial charge in [-0.2, -0.15) is 0 Å². The second kappa shape index (κ2) is 8.67. The molecule has 0 aliphatic rings. The van der Waals surface area contributed by atoms with Crippen LogP contribution < -0.4 is 5.32 Å². The van der Waals surface area contributed by atoms with Gasteiger partial charge in [0.05, 0.1) is 16.2 Å². The van der Waals surface area contributed by atoms with Crippen LogP contribution in [0.25, 0.3) is 10.7 Å². The predicted molar refractivity (Wildman–Crippen MR) is 107 cm³/mol. The number of carbonyl (C=O) groups is 1. The lowest BCUT2D eigenvalue weighted by Crippen LogP contribution is -2.33. The van der Waals surface area contributed by atoms with E-state index in [9.17, 15) is 9.18 Å². The molecule has 27 heavy (non-hydrogen) atoms. The van der Waals surface area contributed by atoms with E-state index in [1.165, 1.54) is 23.9 Å². The van der Waals surface area contributed by atoms with Crippen molar-refractivity contribution in [2.45, 2.75) is 43.8 Å². The molecule has 0 unspecified atom stereocenters. The number of hydrogen-bond donors (Lipinski definition) is 1. The third-order valence-corrected chi connectivity index (χ3v) is 6.10. The van der Waals surface area contributed by atoms with Crippen LogP contribution in [-0.2, 0) is 11.3 Å². The van der Waals surface area contributed by atoms with Crippen LogP contribution in [0.15, 0.2) is 46.9 Å². The number of rotatable bonds is 7. The molecule has 0 spiro atoms. The van der Waals surface area contributed by atoms with E-state index in [0.717, 1.165) is 28.0 Å². The highest BCUT2D eigenvalue weighted by atomic mass is 32.2. The van der Waals surface area contributed by atoms with Crippen molar-refractivity contribution in [1.82, 2.24) is 20.1 Å². The maximum absolute atomic E-state index is 13.1. The first-order valence-corrected chi connectivity index (χ1v) is 10.4. The average molecular weight is 405 g/mol. The van der Waals surface area contributed by atoms with Gasteiger partial charge >= 0.3 is 0 Å². The number of halogens is 1. The number of carbonyl (C=O) groups excluding carboxylic acids is 1. The summed E-state index contributed by atoms with van der Waals surface area (Å²) in [6.07, 6.45) is 0. The van der Waals surface area contributed by atoms with Crippen molar-refractivity contribution in [3.8, 4) is 10.7 Å². The van der Waals surface area contributed by atoms with Crippen LogP contribution in [0.2, 0.25) is 0 Å². The standard InChI is InChI=1S/C19H21FN4OS2/c1-4-24-17(16-6-5-11-26-16)22-23-19(24)27-13(3)18(25)21-12(2)14-7-9-15(20)10-8-14/h5-13H,4H2,1-3H3,(H,21,25)/t12-,13-/m1/s1. The SMILES string of the molecule is CCn1c(S[C@H](C)C(=O)N[C@H](C)c2ccc(F)cc2)nnc1-c1cccs1. The lowest BCUT2D eigenvalue weighted by atomic mass is 10.1. The van der Waals surface area contributed by atoms with E-state index in [1.54, 1.807) is 23.5 Å². The number of thiophene rings is 1. The Kier molecular flexibility index (Phi) is 6.28. The maximum atomic E-state index is 13.1. The van der Waals surface area contributed by atoms with Crippen molar-refractivity contribution in [1.29, 1.82) is 0 Å². The number of amides is 1. The monoisotopic (exact) mass is 404 g/mol. The summed E-state index contributed by atoms with van der Waals surface area (Å²) in [5, 5.41) is 13.9. The van der Waals surface area contributed by atoms with Gasteiger partial charge in [0.25, 0.3) is 0 Å². The van der Waals surface area contributed by atoms with Gasteiger partial charge in [-0.15, -0.1) is 21.5 Å². The first kappa shape index (κ1) is 19.6. The van der Waals surface area contributed by atoms with Crippen LogP contribution in [0.1, 0.15) is 32.4 Å². The van der Waals surface area contributed by atoms with Gasteiger partial charge in [-0.25, -0.2) is 4.39 Å². The number of nitrogens with one attached hydrogen (secondary N) is 1. The molecule has 2 atom stereocenters. The molecule has 2 aromatic heterocycles. The van der Waals surface area contributed by atoms with Gasteiger partial charge in [-0.1, -0.05) is 30.0 Å². The molecule has 8 heteroatoms. The molecule has 5 nitrogen and oxygen atoms in total. The fourth-order valence-electron chi connectivity index (χ4n) is 2.63. The Morgan fingerprint density at radius 1 is 1.26 bits per heavy atom. The molecular formula is C19H21FN4OS2. The van der Waals surface area contributed by atoms with Crippen LogP contribution in [-0.4, -0.2) is 25.9 Å². The summed E-state index contributed by atoms with van der Waals surface area (Å²) in [5.41, 5.74) is 0.860. The number of aromatic nitrogens is 3. The summed E-state index contributed by atoms with van der Waals surface area (Å²) in [6, 6.07) is 9.94. The third kappa shape index (κ3) is 4.56. The molecule has 1 amide bonds. The summed E-state index contributed by atoms with van der Waals surface area (Å²) >= 11 is 3.00. The smallest absolute Gasteiger partial charge is 0.233 e. The Morgan fingerprint density at radius 3 is 2.63 bits per heavy atom. The summed E-state index contributed by atoms with van der Waals surface area (Å²) in [4.78, 5) is 13.6. The van der Waals surface area contributed by atoms with Gasteiger partial charge < -0.3 is 9.88 Å². The Morgan fingerprint density at radius 2 is 2.00 bits per heavy atom. The minimum absolute atomic E-state index is 0.0971. The molecule has 2 heterocycles.